The summed E-state index contributed by atoms with van der Waals surface area (Å²) in [7, 11) is 1.47. The fourth-order valence-electron chi connectivity index (χ4n) is 5.28. The molecule has 2 aromatic rings. The lowest BCUT2D eigenvalue weighted by Crippen LogP contribution is -2.36. The maximum absolute atomic E-state index is 13.5. The van der Waals surface area contributed by atoms with Crippen molar-refractivity contribution in [2.75, 3.05) is 20.3 Å². The summed E-state index contributed by atoms with van der Waals surface area (Å²) < 4.78 is 22.0. The molecular formula is C27H29NO7. The molecule has 0 spiro atoms. The second kappa shape index (κ2) is 9.62. The number of furan rings is 1. The third-order valence-electron chi connectivity index (χ3n) is 6.95. The van der Waals surface area contributed by atoms with E-state index < -0.39 is 11.9 Å². The van der Waals surface area contributed by atoms with Crippen molar-refractivity contribution in [1.82, 2.24) is 5.32 Å². The minimum absolute atomic E-state index is 0.0628. The average molecular weight is 480 g/mol. The van der Waals surface area contributed by atoms with Gasteiger partial charge in [0.05, 0.1) is 25.1 Å². The molecule has 0 radical (unpaired) electrons. The predicted molar refractivity (Wildman–Crippen MR) is 126 cm³/mol. The van der Waals surface area contributed by atoms with Crippen LogP contribution >= 0.6 is 0 Å². The molecule has 0 bridgehead atoms. The Labute approximate surface area is 203 Å². The molecule has 0 unspecified atom stereocenters. The summed E-state index contributed by atoms with van der Waals surface area (Å²) in [5.74, 6) is -0.330. The topological polar surface area (TPSA) is 107 Å². The molecule has 3 heterocycles. The number of phenols is 1. The summed E-state index contributed by atoms with van der Waals surface area (Å²) in [6.45, 7) is 2.64. The summed E-state index contributed by atoms with van der Waals surface area (Å²) in [6, 6.07) is 8.64. The number of methoxy groups -OCH3 is 1. The van der Waals surface area contributed by atoms with Crippen LogP contribution in [0.25, 0.3) is 0 Å². The first kappa shape index (κ1) is 23.2. The van der Waals surface area contributed by atoms with Crippen molar-refractivity contribution in [2.24, 2.45) is 0 Å². The normalized spacial score (nSPS) is 24.3. The molecule has 2 aliphatic heterocycles. The number of hydrogen-bond acceptors (Lipinski definition) is 8. The van der Waals surface area contributed by atoms with E-state index in [1.54, 1.807) is 24.5 Å². The van der Waals surface area contributed by atoms with Gasteiger partial charge in [-0.15, -0.1) is 0 Å². The highest BCUT2D eigenvalue weighted by atomic mass is 16.6. The van der Waals surface area contributed by atoms with Crippen LogP contribution in [-0.2, 0) is 19.1 Å². The number of nitrogens with one attached hydrogen (secondary N) is 1. The average Bonchev–Trinajstić information content (AvgIpc) is 3.56. The highest BCUT2D eigenvalue weighted by molar-refractivity contribution is 6.04. The van der Waals surface area contributed by atoms with Crippen LogP contribution in [0.3, 0.4) is 0 Å². The van der Waals surface area contributed by atoms with E-state index in [-0.39, 0.29) is 36.6 Å². The van der Waals surface area contributed by atoms with E-state index in [0.29, 0.717) is 41.2 Å². The number of hydrogen-bond donors (Lipinski definition) is 2. The Morgan fingerprint density at radius 3 is 2.80 bits per heavy atom. The van der Waals surface area contributed by atoms with Crippen molar-refractivity contribution in [3.63, 3.8) is 0 Å². The smallest absolute Gasteiger partial charge is 0.336 e. The van der Waals surface area contributed by atoms with Crippen LogP contribution in [-0.4, -0.2) is 43.3 Å². The SMILES string of the molecule is COc1ccc([C@@H]2C(C(=O)OC[C@@H]3CCCO3)=C(C)NC3=C2C(=O)C[C@H](c2ccco2)C3)cc1O. The van der Waals surface area contributed by atoms with Gasteiger partial charge in [0.2, 0.25) is 0 Å². The molecule has 1 fully saturated rings. The van der Waals surface area contributed by atoms with Crippen molar-refractivity contribution in [3.05, 3.63) is 70.5 Å². The fraction of sp³-hybridized carbons (Fsp3) is 0.407. The molecule has 3 atom stereocenters. The minimum Gasteiger partial charge on any atom is -0.504 e. The van der Waals surface area contributed by atoms with E-state index in [4.69, 9.17) is 18.6 Å². The Morgan fingerprint density at radius 1 is 1.26 bits per heavy atom. The molecule has 1 saturated heterocycles. The largest absolute Gasteiger partial charge is 0.504 e. The monoisotopic (exact) mass is 479 g/mol. The molecule has 184 valence electrons. The van der Waals surface area contributed by atoms with Gasteiger partial charge in [0.1, 0.15) is 12.4 Å². The first-order valence-corrected chi connectivity index (χ1v) is 11.9. The highest BCUT2D eigenvalue weighted by Gasteiger charge is 2.42. The number of carbonyl (C=O) groups is 2. The highest BCUT2D eigenvalue weighted by Crippen LogP contribution is 2.47. The first-order chi connectivity index (χ1) is 17.0. The standard InChI is InChI=1S/C27H29NO7/c1-15-24(27(31)35-14-18-5-3-9-33-18)25(16-7-8-23(32-2)20(29)12-16)26-19(28-15)11-17(13-21(26)30)22-6-4-10-34-22/h4,6-8,10,12,17-18,25,28-29H,3,5,9,11,13-14H2,1-2H3/t17-,18+,25-/m1/s1. The molecular weight excluding hydrogens is 450 g/mol. The van der Waals surface area contributed by atoms with Gasteiger partial charge in [-0.3, -0.25) is 4.79 Å². The second-order valence-electron chi connectivity index (χ2n) is 9.20. The van der Waals surface area contributed by atoms with Crippen LogP contribution in [0.2, 0.25) is 0 Å². The van der Waals surface area contributed by atoms with Gasteiger partial charge in [0, 0.05) is 41.8 Å². The molecule has 8 nitrogen and oxygen atoms in total. The molecule has 0 saturated carbocycles. The third-order valence-corrected chi connectivity index (χ3v) is 6.95. The number of dihydropyridines is 1. The van der Waals surface area contributed by atoms with Crippen molar-refractivity contribution >= 4 is 11.8 Å². The lowest BCUT2D eigenvalue weighted by Gasteiger charge is -2.36. The lowest BCUT2D eigenvalue weighted by molar-refractivity contribution is -0.142. The molecule has 3 aliphatic rings. The van der Waals surface area contributed by atoms with Crippen molar-refractivity contribution in [2.45, 2.75) is 50.5 Å². The second-order valence-corrected chi connectivity index (χ2v) is 9.20. The van der Waals surface area contributed by atoms with Crippen molar-refractivity contribution in [1.29, 1.82) is 0 Å². The van der Waals surface area contributed by atoms with Gasteiger partial charge in [-0.05, 0) is 56.0 Å². The summed E-state index contributed by atoms with van der Waals surface area (Å²) in [4.78, 5) is 26.9. The van der Waals surface area contributed by atoms with Gasteiger partial charge >= 0.3 is 5.97 Å². The summed E-state index contributed by atoms with van der Waals surface area (Å²) >= 11 is 0. The van der Waals surface area contributed by atoms with Crippen molar-refractivity contribution < 1.29 is 33.3 Å². The maximum atomic E-state index is 13.5. The van der Waals surface area contributed by atoms with E-state index >= 15 is 0 Å². The van der Waals surface area contributed by atoms with Gasteiger partial charge in [-0.2, -0.15) is 0 Å². The number of Topliss-reactive ketones (excluding diaryl/α,β-unsaturated/α-hetero) is 1. The Hall–Kier alpha value is -3.52. The zero-order chi connectivity index (χ0) is 24.5. The van der Waals surface area contributed by atoms with Gasteiger partial charge in [0.15, 0.2) is 17.3 Å². The maximum Gasteiger partial charge on any atom is 0.336 e. The van der Waals surface area contributed by atoms with Crippen LogP contribution in [0.15, 0.2) is 63.6 Å². The number of aromatic hydroxyl groups is 1. The van der Waals surface area contributed by atoms with E-state index in [1.165, 1.54) is 7.11 Å². The zero-order valence-corrected chi connectivity index (χ0v) is 19.8. The third kappa shape index (κ3) is 4.46. The van der Waals surface area contributed by atoms with E-state index in [2.05, 4.69) is 5.32 Å². The number of rotatable bonds is 6. The summed E-state index contributed by atoms with van der Waals surface area (Å²) in [6.07, 6.45) is 4.13. The molecule has 8 heteroatoms. The van der Waals surface area contributed by atoms with Gasteiger partial charge in [0.25, 0.3) is 0 Å². The predicted octanol–water partition coefficient (Wildman–Crippen LogP) is 4.08. The number of phenolic OH excluding ortho intramolecular Hbond substituents is 1. The number of benzene rings is 1. The van der Waals surface area contributed by atoms with Gasteiger partial charge in [-0.1, -0.05) is 6.07 Å². The van der Waals surface area contributed by atoms with Crippen LogP contribution in [0, 0.1) is 0 Å². The first-order valence-electron chi connectivity index (χ1n) is 11.9. The minimum atomic E-state index is -0.676. The van der Waals surface area contributed by atoms with Crippen LogP contribution in [0.4, 0.5) is 0 Å². The summed E-state index contributed by atoms with van der Waals surface area (Å²) in [5, 5.41) is 13.8. The zero-order valence-electron chi connectivity index (χ0n) is 19.8. The molecule has 5 rings (SSSR count). The van der Waals surface area contributed by atoms with E-state index in [0.717, 1.165) is 24.3 Å². The molecule has 1 aromatic heterocycles. The van der Waals surface area contributed by atoms with Crippen LogP contribution < -0.4 is 10.1 Å². The van der Waals surface area contributed by atoms with E-state index in [9.17, 15) is 14.7 Å². The number of carbonyl (C=O) groups excluding carboxylic acids is 2. The Morgan fingerprint density at radius 2 is 2.11 bits per heavy atom. The fourth-order valence-corrected chi connectivity index (χ4v) is 5.28. The number of ether oxygens (including phenoxy) is 3. The quantitative estimate of drug-likeness (QED) is 0.597. The Kier molecular flexibility index (Phi) is 6.38. The van der Waals surface area contributed by atoms with Gasteiger partial charge in [-0.25, -0.2) is 4.79 Å². The Bertz CT molecular complexity index is 1190. The molecule has 35 heavy (non-hydrogen) atoms. The number of esters is 1. The molecule has 2 N–H and O–H groups in total. The van der Waals surface area contributed by atoms with Crippen LogP contribution in [0.5, 0.6) is 11.5 Å². The van der Waals surface area contributed by atoms with Gasteiger partial charge < -0.3 is 29.1 Å². The lowest BCUT2D eigenvalue weighted by atomic mass is 9.72. The number of allylic oxidation sites excluding steroid dienone is 3. The van der Waals surface area contributed by atoms with E-state index in [1.807, 2.05) is 19.1 Å². The van der Waals surface area contributed by atoms with Crippen LogP contribution in [0.1, 0.15) is 55.8 Å². The number of ketones is 1. The molecule has 1 aliphatic carbocycles. The molecule has 1 aromatic carbocycles. The Balaban J connectivity index is 1.52. The van der Waals surface area contributed by atoms with Crippen molar-refractivity contribution in [3.8, 4) is 11.5 Å². The summed E-state index contributed by atoms with van der Waals surface area (Å²) in [5.41, 5.74) is 2.87. The molecule has 0 amide bonds.